The summed E-state index contributed by atoms with van der Waals surface area (Å²) < 4.78 is 42.4. The van der Waals surface area contributed by atoms with E-state index in [4.69, 9.17) is 9.47 Å². The molecule has 4 rings (SSSR count). The molecule has 0 N–H and O–H groups in total. The van der Waals surface area contributed by atoms with E-state index < -0.39 is 25.8 Å². The molecule has 0 saturated heterocycles. The van der Waals surface area contributed by atoms with Crippen LogP contribution in [0.5, 0.6) is 11.5 Å². The number of benzene rings is 2. The summed E-state index contributed by atoms with van der Waals surface area (Å²) in [6.45, 7) is -0.342. The van der Waals surface area contributed by atoms with E-state index in [1.807, 2.05) is 0 Å². The molecular weight excluding hydrogens is 428 g/mol. The molecule has 0 aliphatic heterocycles. The Kier molecular flexibility index (Phi) is 5.85. The SMILES string of the molecule is COc1ccc(-c2cn(COP(=O)([O-])[O-])c3c(OCC4CC4)ccc(F)c3c2=O)cc1. The maximum atomic E-state index is 14.8. The van der Waals surface area contributed by atoms with E-state index in [1.165, 1.54) is 23.9 Å². The summed E-state index contributed by atoms with van der Waals surface area (Å²) in [7, 11) is -3.82. The molecule has 1 saturated carbocycles. The summed E-state index contributed by atoms with van der Waals surface area (Å²) in [4.78, 5) is 35.3. The lowest BCUT2D eigenvalue weighted by molar-refractivity contribution is -0.344. The van der Waals surface area contributed by atoms with Crippen molar-refractivity contribution in [3.63, 3.8) is 0 Å². The molecule has 1 aliphatic carbocycles. The molecule has 0 radical (unpaired) electrons. The van der Waals surface area contributed by atoms with Gasteiger partial charge in [0.15, 0.2) is 5.43 Å². The van der Waals surface area contributed by atoms with E-state index >= 15 is 0 Å². The normalized spacial score (nSPS) is 14.1. The van der Waals surface area contributed by atoms with Crippen molar-refractivity contribution in [3.05, 3.63) is 58.6 Å². The first-order chi connectivity index (χ1) is 14.8. The zero-order valence-electron chi connectivity index (χ0n) is 16.6. The van der Waals surface area contributed by atoms with Crippen molar-refractivity contribution in [2.75, 3.05) is 13.7 Å². The van der Waals surface area contributed by atoms with Crippen LogP contribution in [0.15, 0.2) is 47.4 Å². The summed E-state index contributed by atoms with van der Waals surface area (Å²) in [6, 6.07) is 9.00. The quantitative estimate of drug-likeness (QED) is 0.488. The fraction of sp³-hybridized carbons (Fsp3) is 0.286. The van der Waals surface area contributed by atoms with Crippen LogP contribution in [0.1, 0.15) is 12.8 Å². The summed E-state index contributed by atoms with van der Waals surface area (Å²) >= 11 is 0. The van der Waals surface area contributed by atoms with Crippen molar-refractivity contribution in [1.29, 1.82) is 0 Å². The first-order valence-electron chi connectivity index (χ1n) is 9.56. The smallest absolute Gasteiger partial charge is 0.200 e. The predicted molar refractivity (Wildman–Crippen MR) is 107 cm³/mol. The zero-order chi connectivity index (χ0) is 22.2. The maximum Gasteiger partial charge on any atom is 0.200 e. The van der Waals surface area contributed by atoms with E-state index in [-0.39, 0.29) is 22.2 Å². The van der Waals surface area contributed by atoms with Crippen LogP contribution >= 0.6 is 7.82 Å². The predicted octanol–water partition coefficient (Wildman–Crippen LogP) is 2.41. The van der Waals surface area contributed by atoms with Gasteiger partial charge in [-0.3, -0.25) is 4.79 Å². The lowest BCUT2D eigenvalue weighted by Crippen LogP contribution is -2.20. The number of pyridine rings is 1. The number of phosphoric ester groups is 1. The molecule has 8 nitrogen and oxygen atoms in total. The van der Waals surface area contributed by atoms with Gasteiger partial charge in [0.05, 0.1) is 32.4 Å². The second kappa shape index (κ2) is 8.43. The second-order valence-corrected chi connectivity index (χ2v) is 8.45. The largest absolute Gasteiger partial charge is 0.790 e. The van der Waals surface area contributed by atoms with Crippen molar-refractivity contribution < 1.29 is 32.7 Å². The molecule has 1 aliphatic rings. The van der Waals surface area contributed by atoms with Gasteiger partial charge in [-0.25, -0.2) is 4.39 Å². The highest BCUT2D eigenvalue weighted by Gasteiger charge is 2.24. The van der Waals surface area contributed by atoms with Crippen LogP contribution in [0.25, 0.3) is 22.0 Å². The van der Waals surface area contributed by atoms with Gasteiger partial charge in [-0.1, -0.05) is 12.1 Å². The zero-order valence-corrected chi connectivity index (χ0v) is 17.5. The third kappa shape index (κ3) is 4.80. The number of aromatic nitrogens is 1. The molecular formula is C21H19FNO7P-2. The third-order valence-electron chi connectivity index (χ3n) is 5.06. The Morgan fingerprint density at radius 1 is 1.16 bits per heavy atom. The molecule has 10 heteroatoms. The van der Waals surface area contributed by atoms with Crippen LogP contribution in [0.4, 0.5) is 4.39 Å². The third-order valence-corrected chi connectivity index (χ3v) is 5.49. The Balaban J connectivity index is 1.90. The van der Waals surface area contributed by atoms with Gasteiger partial charge in [-0.15, -0.1) is 0 Å². The highest BCUT2D eigenvalue weighted by Crippen LogP contribution is 2.34. The fourth-order valence-corrected chi connectivity index (χ4v) is 3.55. The number of rotatable bonds is 8. The van der Waals surface area contributed by atoms with Crippen LogP contribution in [0.3, 0.4) is 0 Å². The highest BCUT2D eigenvalue weighted by atomic mass is 31.2. The Morgan fingerprint density at radius 2 is 1.87 bits per heavy atom. The summed E-state index contributed by atoms with van der Waals surface area (Å²) in [5.41, 5.74) is -0.0178. The summed E-state index contributed by atoms with van der Waals surface area (Å²) in [6.07, 6.45) is 3.37. The molecule has 1 fully saturated rings. The number of fused-ring (bicyclic) bond motifs is 1. The number of hydrogen-bond acceptors (Lipinski definition) is 7. The Bertz CT molecular complexity index is 1220. The number of nitrogens with zero attached hydrogens (tertiary/aromatic N) is 1. The average Bonchev–Trinajstić information content (AvgIpc) is 3.56. The number of methoxy groups -OCH3 is 1. The number of phosphoric acid groups is 1. The molecule has 0 amide bonds. The minimum Gasteiger partial charge on any atom is -0.790 e. The van der Waals surface area contributed by atoms with E-state index in [0.29, 0.717) is 23.8 Å². The second-order valence-electron chi connectivity index (χ2n) is 7.30. The maximum absolute atomic E-state index is 14.8. The summed E-state index contributed by atoms with van der Waals surface area (Å²) in [5, 5.41) is -0.281. The van der Waals surface area contributed by atoms with Crippen molar-refractivity contribution in [2.24, 2.45) is 5.92 Å². The van der Waals surface area contributed by atoms with E-state index in [0.717, 1.165) is 18.9 Å². The molecule has 1 aromatic heterocycles. The Morgan fingerprint density at radius 3 is 2.48 bits per heavy atom. The molecule has 0 atom stereocenters. The molecule has 0 bridgehead atoms. The average molecular weight is 447 g/mol. The minimum atomic E-state index is -5.32. The van der Waals surface area contributed by atoms with Crippen LogP contribution in [-0.2, 0) is 15.8 Å². The van der Waals surface area contributed by atoms with Gasteiger partial charge in [0.1, 0.15) is 24.0 Å². The van der Waals surface area contributed by atoms with Gasteiger partial charge >= 0.3 is 0 Å². The first kappa shape index (κ1) is 21.5. The van der Waals surface area contributed by atoms with E-state index in [2.05, 4.69) is 4.52 Å². The lowest BCUT2D eigenvalue weighted by atomic mass is 10.0. The van der Waals surface area contributed by atoms with Crippen LogP contribution in [-0.4, -0.2) is 18.3 Å². The topological polar surface area (TPSA) is 113 Å². The van der Waals surface area contributed by atoms with Crippen LogP contribution in [0.2, 0.25) is 0 Å². The number of halogens is 1. The molecule has 0 unspecified atom stereocenters. The van der Waals surface area contributed by atoms with Gasteiger partial charge in [-0.2, -0.15) is 0 Å². The van der Waals surface area contributed by atoms with Gasteiger partial charge in [0.25, 0.3) is 0 Å². The molecule has 2 aromatic carbocycles. The minimum absolute atomic E-state index is 0.0244. The van der Waals surface area contributed by atoms with Crippen LogP contribution in [0, 0.1) is 11.7 Å². The fourth-order valence-electron chi connectivity index (χ4n) is 3.28. The molecule has 1 heterocycles. The van der Waals surface area contributed by atoms with Gasteiger partial charge in [0, 0.05) is 11.8 Å². The van der Waals surface area contributed by atoms with Crippen molar-refractivity contribution in [1.82, 2.24) is 4.57 Å². The standard InChI is InChI=1S/C21H21FNO7P/c1-28-15-6-4-14(5-7-15)16-10-23(12-30-31(25,26)27)20-18(29-11-13-2-3-13)9-8-17(22)19(20)21(16)24/h4-10,13H,2-3,11-12H2,1H3,(H2,25,26,27)/p-2. The van der Waals surface area contributed by atoms with Crippen LogP contribution < -0.4 is 24.7 Å². The highest BCUT2D eigenvalue weighted by molar-refractivity contribution is 7.43. The van der Waals surface area contributed by atoms with Gasteiger partial charge in [-0.05, 0) is 48.6 Å². The first-order valence-corrected chi connectivity index (χ1v) is 11.0. The van der Waals surface area contributed by atoms with Gasteiger partial charge in [0.2, 0.25) is 0 Å². The molecule has 3 aromatic rings. The summed E-state index contributed by atoms with van der Waals surface area (Å²) in [5.74, 6) is 0.361. The van der Waals surface area contributed by atoms with E-state index in [1.54, 1.807) is 24.3 Å². The van der Waals surface area contributed by atoms with Gasteiger partial charge < -0.3 is 32.9 Å². The monoisotopic (exact) mass is 447 g/mol. The Hall–Kier alpha value is -2.71. The molecule has 0 spiro atoms. The van der Waals surface area contributed by atoms with Crippen molar-refractivity contribution in [3.8, 4) is 22.6 Å². The molecule has 31 heavy (non-hydrogen) atoms. The molecule has 164 valence electrons. The number of ether oxygens (including phenoxy) is 2. The lowest BCUT2D eigenvalue weighted by Gasteiger charge is -2.29. The van der Waals surface area contributed by atoms with Crippen molar-refractivity contribution >= 4 is 18.7 Å². The Labute approximate surface area is 177 Å². The van der Waals surface area contributed by atoms with Crippen molar-refractivity contribution in [2.45, 2.75) is 19.6 Å². The number of hydrogen-bond donors (Lipinski definition) is 0. The van der Waals surface area contributed by atoms with E-state index in [9.17, 15) is 23.5 Å².